The number of halogens is 1. The largest absolute Gasteiger partial charge is 0.350 e. The maximum absolute atomic E-state index is 12.7. The Hall–Kier alpha value is -1.91. The zero-order valence-electron chi connectivity index (χ0n) is 16.1. The van der Waals surface area contributed by atoms with Crippen LogP contribution in [0.5, 0.6) is 0 Å². The first-order valence-electron chi connectivity index (χ1n) is 9.61. The maximum Gasteiger partial charge on any atom is 0.269 e. The van der Waals surface area contributed by atoms with Gasteiger partial charge in [-0.3, -0.25) is 15.1 Å². The van der Waals surface area contributed by atoms with E-state index in [-0.39, 0.29) is 5.91 Å². The van der Waals surface area contributed by atoms with Crippen molar-refractivity contribution in [3.8, 4) is 0 Å². The van der Waals surface area contributed by atoms with E-state index in [1.54, 1.807) is 23.6 Å². The molecule has 0 radical (unpaired) electrons. The molecule has 2 N–H and O–H groups in total. The van der Waals surface area contributed by atoms with Gasteiger partial charge in [-0.25, -0.2) is 8.42 Å². The lowest BCUT2D eigenvalue weighted by Crippen LogP contribution is -2.46. The van der Waals surface area contributed by atoms with Crippen molar-refractivity contribution in [1.29, 1.82) is 0 Å². The molecule has 1 saturated heterocycles. The highest BCUT2D eigenvalue weighted by Crippen LogP contribution is 2.34. The summed E-state index contributed by atoms with van der Waals surface area (Å²) in [5, 5.41) is 5.31. The van der Waals surface area contributed by atoms with Crippen molar-refractivity contribution in [3.05, 3.63) is 64.1 Å². The van der Waals surface area contributed by atoms with E-state index in [0.717, 1.165) is 5.56 Å². The minimum atomic E-state index is -3.47. The quantitative estimate of drug-likeness (QED) is 0.682. The third-order valence-electron chi connectivity index (χ3n) is 5.29. The molecule has 10 heteroatoms. The number of nitrogens with one attached hydrogen (secondary N) is 2. The van der Waals surface area contributed by atoms with Gasteiger partial charge >= 0.3 is 0 Å². The van der Waals surface area contributed by atoms with Gasteiger partial charge in [0, 0.05) is 24.7 Å². The Balaban J connectivity index is 1.31. The molecule has 0 aliphatic carbocycles. The van der Waals surface area contributed by atoms with E-state index in [0.29, 0.717) is 53.8 Å². The number of amides is 1. The third-order valence-corrected chi connectivity index (χ3v) is 8.81. The number of thiophene rings is 1. The fourth-order valence-corrected chi connectivity index (χ4v) is 6.26. The summed E-state index contributed by atoms with van der Waals surface area (Å²) in [5.41, 5.74) is 3.50. The number of carbonyl (C=O) groups is 1. The van der Waals surface area contributed by atoms with Crippen molar-refractivity contribution in [2.45, 2.75) is 29.1 Å². The van der Waals surface area contributed by atoms with Gasteiger partial charge in [0.05, 0.1) is 0 Å². The molecule has 1 spiro atoms. The SMILES string of the molecule is O=C(NCCc1ccc(Cl)cc1)C1=CC2(CCN(S(=O)(=O)c3cccs3)CC2)ON1. The van der Waals surface area contributed by atoms with Crippen molar-refractivity contribution in [2.75, 3.05) is 19.6 Å². The van der Waals surface area contributed by atoms with Gasteiger partial charge < -0.3 is 5.32 Å². The highest BCUT2D eigenvalue weighted by Gasteiger charge is 2.42. The molecular weight excluding hydrogens is 446 g/mol. The molecule has 3 heterocycles. The average Bonchev–Trinajstić information content (AvgIpc) is 3.41. The number of benzene rings is 1. The summed E-state index contributed by atoms with van der Waals surface area (Å²) in [5.74, 6) is -0.241. The lowest BCUT2D eigenvalue weighted by Gasteiger charge is -2.35. The molecule has 4 rings (SSSR count). The van der Waals surface area contributed by atoms with Gasteiger partial charge in [0.2, 0.25) is 0 Å². The van der Waals surface area contributed by atoms with Crippen LogP contribution in [0.15, 0.2) is 57.8 Å². The number of nitrogens with zero attached hydrogens (tertiary/aromatic N) is 1. The predicted molar refractivity (Wildman–Crippen MR) is 116 cm³/mol. The van der Waals surface area contributed by atoms with E-state index < -0.39 is 15.6 Å². The van der Waals surface area contributed by atoms with Crippen molar-refractivity contribution in [2.24, 2.45) is 0 Å². The number of piperidine rings is 1. The Bertz CT molecular complexity index is 1030. The summed E-state index contributed by atoms with van der Waals surface area (Å²) in [6, 6.07) is 10.8. The molecule has 1 aromatic heterocycles. The summed E-state index contributed by atoms with van der Waals surface area (Å²) in [6.45, 7) is 1.16. The van der Waals surface area contributed by atoms with E-state index in [4.69, 9.17) is 16.4 Å². The van der Waals surface area contributed by atoms with Gasteiger partial charge in [-0.15, -0.1) is 11.3 Å². The second kappa shape index (κ2) is 8.68. The summed E-state index contributed by atoms with van der Waals surface area (Å²) in [7, 11) is -3.47. The summed E-state index contributed by atoms with van der Waals surface area (Å²) < 4.78 is 27.2. The summed E-state index contributed by atoms with van der Waals surface area (Å²) in [4.78, 5) is 18.2. The van der Waals surface area contributed by atoms with Crippen LogP contribution in [0.25, 0.3) is 0 Å². The monoisotopic (exact) mass is 467 g/mol. The van der Waals surface area contributed by atoms with Crippen LogP contribution in [-0.2, 0) is 26.1 Å². The van der Waals surface area contributed by atoms with E-state index in [2.05, 4.69) is 10.8 Å². The van der Waals surface area contributed by atoms with Crippen molar-refractivity contribution in [3.63, 3.8) is 0 Å². The van der Waals surface area contributed by atoms with Crippen LogP contribution >= 0.6 is 22.9 Å². The Morgan fingerprint density at radius 1 is 1.23 bits per heavy atom. The lowest BCUT2D eigenvalue weighted by molar-refractivity contribution is -0.120. The zero-order valence-corrected chi connectivity index (χ0v) is 18.5. The number of hydroxylamine groups is 1. The molecule has 1 aromatic carbocycles. The Kier molecular flexibility index (Phi) is 6.17. The predicted octanol–water partition coefficient (Wildman–Crippen LogP) is 2.70. The number of carbonyl (C=O) groups excluding carboxylic acids is 1. The first-order chi connectivity index (χ1) is 14.4. The highest BCUT2D eigenvalue weighted by molar-refractivity contribution is 7.91. The summed E-state index contributed by atoms with van der Waals surface area (Å²) in [6.07, 6.45) is 3.43. The maximum atomic E-state index is 12.7. The molecule has 2 aliphatic rings. The summed E-state index contributed by atoms with van der Waals surface area (Å²) >= 11 is 7.09. The molecular formula is C20H22ClN3O4S2. The number of hydrogen-bond acceptors (Lipinski definition) is 6. The molecule has 1 fully saturated rings. The van der Waals surface area contributed by atoms with Crippen molar-refractivity contribution < 1.29 is 18.0 Å². The van der Waals surface area contributed by atoms with Gasteiger partial charge in [-0.2, -0.15) is 4.31 Å². The topological polar surface area (TPSA) is 87.7 Å². The van der Waals surface area contributed by atoms with E-state index in [1.807, 2.05) is 24.3 Å². The number of sulfonamides is 1. The van der Waals surface area contributed by atoms with Crippen molar-refractivity contribution >= 4 is 38.9 Å². The molecule has 0 saturated carbocycles. The normalized spacial score (nSPS) is 18.8. The molecule has 2 aliphatic heterocycles. The van der Waals surface area contributed by atoms with Gasteiger partial charge in [0.1, 0.15) is 15.5 Å². The lowest BCUT2D eigenvalue weighted by atomic mass is 9.92. The minimum absolute atomic E-state index is 0.241. The van der Waals surface area contributed by atoms with Crippen LogP contribution in [0.4, 0.5) is 0 Å². The number of hydrogen-bond donors (Lipinski definition) is 2. The first kappa shape index (κ1) is 21.3. The fourth-order valence-electron chi connectivity index (χ4n) is 3.55. The Labute approximate surface area is 184 Å². The Morgan fingerprint density at radius 2 is 1.97 bits per heavy atom. The Morgan fingerprint density at radius 3 is 2.63 bits per heavy atom. The molecule has 7 nitrogen and oxygen atoms in total. The average molecular weight is 468 g/mol. The van der Waals surface area contributed by atoms with E-state index in [1.165, 1.54) is 15.6 Å². The second-order valence-corrected chi connectivity index (χ2v) is 10.8. The third kappa shape index (κ3) is 4.55. The van der Waals surface area contributed by atoms with Gasteiger partial charge in [0.25, 0.3) is 15.9 Å². The highest BCUT2D eigenvalue weighted by atomic mass is 35.5. The zero-order chi connectivity index (χ0) is 21.2. The molecule has 0 bridgehead atoms. The molecule has 0 atom stereocenters. The second-order valence-electron chi connectivity index (χ2n) is 7.30. The molecule has 160 valence electrons. The minimum Gasteiger partial charge on any atom is -0.350 e. The van der Waals surface area contributed by atoms with Gasteiger partial charge in [0.15, 0.2) is 0 Å². The first-order valence-corrected chi connectivity index (χ1v) is 12.3. The van der Waals surface area contributed by atoms with Gasteiger partial charge in [-0.05, 0) is 54.5 Å². The van der Waals surface area contributed by atoms with Crippen molar-refractivity contribution in [1.82, 2.24) is 15.1 Å². The molecule has 30 heavy (non-hydrogen) atoms. The van der Waals surface area contributed by atoms with Gasteiger partial charge in [-0.1, -0.05) is 29.8 Å². The van der Waals surface area contributed by atoms with E-state index in [9.17, 15) is 13.2 Å². The fraction of sp³-hybridized carbons (Fsp3) is 0.350. The van der Waals surface area contributed by atoms with E-state index >= 15 is 0 Å². The molecule has 1 amide bonds. The smallest absolute Gasteiger partial charge is 0.269 e. The van der Waals surface area contributed by atoms with Crippen LogP contribution in [0.2, 0.25) is 5.02 Å². The molecule has 0 unspecified atom stereocenters. The number of rotatable bonds is 6. The van der Waals surface area contributed by atoms with Crippen LogP contribution in [-0.4, -0.2) is 43.9 Å². The standard InChI is InChI=1S/C20H22ClN3O4S2/c21-16-5-3-15(4-6-16)7-10-22-19(25)17-14-20(28-23-17)8-11-24(12-9-20)30(26,27)18-2-1-13-29-18/h1-6,13-14,23H,7-12H2,(H,22,25). The molecule has 2 aromatic rings. The van der Waals surface area contributed by atoms with Crippen LogP contribution < -0.4 is 10.8 Å². The van der Waals surface area contributed by atoms with Crippen LogP contribution in [0.3, 0.4) is 0 Å². The van der Waals surface area contributed by atoms with Crippen LogP contribution in [0.1, 0.15) is 18.4 Å². The van der Waals surface area contributed by atoms with Crippen LogP contribution in [0, 0.1) is 0 Å².